The van der Waals surface area contributed by atoms with Crippen molar-refractivity contribution in [2.24, 2.45) is 5.73 Å². The molecule has 0 bridgehead atoms. The Bertz CT molecular complexity index is 502. The smallest absolute Gasteiger partial charge is 0.387 e. The number of hydrogen-bond donors (Lipinski definition) is 1. The lowest BCUT2D eigenvalue weighted by Crippen LogP contribution is -2.02. The highest BCUT2D eigenvalue weighted by atomic mass is 32.1. The molecule has 1 aromatic carbocycles. The zero-order valence-corrected chi connectivity index (χ0v) is 9.58. The molecule has 0 saturated carbocycles. The molecule has 0 saturated heterocycles. The third-order valence-electron chi connectivity index (χ3n) is 2.09. The highest BCUT2D eigenvalue weighted by Crippen LogP contribution is 2.33. The van der Waals surface area contributed by atoms with Gasteiger partial charge in [0.15, 0.2) is 0 Å². The van der Waals surface area contributed by atoms with E-state index in [0.29, 0.717) is 17.1 Å². The molecule has 2 rings (SSSR count). The predicted molar refractivity (Wildman–Crippen MR) is 62.1 cm³/mol. The zero-order valence-electron chi connectivity index (χ0n) is 8.77. The first-order chi connectivity index (χ1) is 8.20. The highest BCUT2D eigenvalue weighted by molar-refractivity contribution is 7.15. The monoisotopic (exact) mass is 256 g/mol. The first-order valence-electron chi connectivity index (χ1n) is 4.89. The summed E-state index contributed by atoms with van der Waals surface area (Å²) in [6.45, 7) is -2.46. The summed E-state index contributed by atoms with van der Waals surface area (Å²) >= 11 is 1.37. The Morgan fingerprint density at radius 2 is 2.12 bits per heavy atom. The van der Waals surface area contributed by atoms with Crippen LogP contribution in [0.3, 0.4) is 0 Å². The molecule has 0 radical (unpaired) electrons. The largest absolute Gasteiger partial charge is 0.434 e. The van der Waals surface area contributed by atoms with Crippen LogP contribution in [0.1, 0.15) is 4.88 Å². The van der Waals surface area contributed by atoms with Crippen molar-refractivity contribution >= 4 is 11.3 Å². The van der Waals surface area contributed by atoms with Crippen molar-refractivity contribution in [3.05, 3.63) is 35.3 Å². The second-order valence-electron chi connectivity index (χ2n) is 3.21. The SMILES string of the molecule is NCc1cnc(-c2ccccc2OC(F)F)s1. The summed E-state index contributed by atoms with van der Waals surface area (Å²) in [5.74, 6) is 0.125. The van der Waals surface area contributed by atoms with Gasteiger partial charge in [0, 0.05) is 17.6 Å². The van der Waals surface area contributed by atoms with Gasteiger partial charge in [-0.1, -0.05) is 12.1 Å². The Hall–Kier alpha value is -1.53. The van der Waals surface area contributed by atoms with Crippen LogP contribution in [0.5, 0.6) is 5.75 Å². The first-order valence-corrected chi connectivity index (χ1v) is 5.71. The molecule has 0 aliphatic heterocycles. The predicted octanol–water partition coefficient (Wildman–Crippen LogP) is 2.87. The van der Waals surface area contributed by atoms with Crippen LogP contribution in [0.4, 0.5) is 8.78 Å². The van der Waals surface area contributed by atoms with Crippen LogP contribution in [-0.2, 0) is 6.54 Å². The van der Waals surface area contributed by atoms with Crippen LogP contribution in [0.15, 0.2) is 30.5 Å². The van der Waals surface area contributed by atoms with E-state index in [-0.39, 0.29) is 5.75 Å². The summed E-state index contributed by atoms with van der Waals surface area (Å²) in [6, 6.07) is 6.57. The van der Waals surface area contributed by atoms with E-state index in [0.717, 1.165) is 4.88 Å². The summed E-state index contributed by atoms with van der Waals surface area (Å²) in [4.78, 5) is 5.03. The molecule has 0 atom stereocenters. The molecule has 6 heteroatoms. The van der Waals surface area contributed by atoms with Crippen LogP contribution >= 0.6 is 11.3 Å². The first kappa shape index (κ1) is 11.9. The van der Waals surface area contributed by atoms with Crippen LogP contribution < -0.4 is 10.5 Å². The lowest BCUT2D eigenvalue weighted by atomic mass is 10.2. The number of nitrogens with two attached hydrogens (primary N) is 1. The van der Waals surface area contributed by atoms with E-state index in [1.807, 2.05) is 0 Å². The fourth-order valence-electron chi connectivity index (χ4n) is 1.37. The third-order valence-corrected chi connectivity index (χ3v) is 3.14. The van der Waals surface area contributed by atoms with Gasteiger partial charge in [-0.2, -0.15) is 8.78 Å². The molecule has 0 unspecified atom stereocenters. The second-order valence-corrected chi connectivity index (χ2v) is 4.33. The molecule has 17 heavy (non-hydrogen) atoms. The topological polar surface area (TPSA) is 48.1 Å². The van der Waals surface area contributed by atoms with Gasteiger partial charge in [-0.05, 0) is 12.1 Å². The molecule has 0 aliphatic rings. The number of thiazole rings is 1. The number of halogens is 2. The fourth-order valence-corrected chi connectivity index (χ4v) is 2.19. The summed E-state index contributed by atoms with van der Waals surface area (Å²) in [7, 11) is 0. The Balaban J connectivity index is 2.36. The third kappa shape index (κ3) is 2.78. The van der Waals surface area contributed by atoms with E-state index in [9.17, 15) is 8.78 Å². The minimum atomic E-state index is -2.84. The van der Waals surface area contributed by atoms with Gasteiger partial charge < -0.3 is 10.5 Å². The van der Waals surface area contributed by atoms with Crippen molar-refractivity contribution in [2.45, 2.75) is 13.2 Å². The number of alkyl halides is 2. The fraction of sp³-hybridized carbons (Fsp3) is 0.182. The van der Waals surface area contributed by atoms with Crippen LogP contribution in [0.2, 0.25) is 0 Å². The number of hydrogen-bond acceptors (Lipinski definition) is 4. The van der Waals surface area contributed by atoms with Crippen molar-refractivity contribution in [1.82, 2.24) is 4.98 Å². The Kier molecular flexibility index (Phi) is 3.65. The van der Waals surface area contributed by atoms with E-state index in [4.69, 9.17) is 5.73 Å². The van der Waals surface area contributed by atoms with E-state index in [2.05, 4.69) is 9.72 Å². The van der Waals surface area contributed by atoms with Crippen molar-refractivity contribution < 1.29 is 13.5 Å². The van der Waals surface area contributed by atoms with E-state index >= 15 is 0 Å². The summed E-state index contributed by atoms with van der Waals surface area (Å²) in [5.41, 5.74) is 6.03. The number of aromatic nitrogens is 1. The maximum absolute atomic E-state index is 12.2. The van der Waals surface area contributed by atoms with Crippen LogP contribution in [0, 0.1) is 0 Å². The minimum absolute atomic E-state index is 0.125. The van der Waals surface area contributed by atoms with E-state index in [1.54, 1.807) is 24.4 Å². The van der Waals surface area contributed by atoms with Gasteiger partial charge in [0.25, 0.3) is 0 Å². The van der Waals surface area contributed by atoms with Gasteiger partial charge in [0.2, 0.25) is 0 Å². The molecule has 2 N–H and O–H groups in total. The maximum atomic E-state index is 12.2. The molecule has 2 aromatic rings. The van der Waals surface area contributed by atoms with E-state index in [1.165, 1.54) is 17.4 Å². The van der Waals surface area contributed by atoms with Crippen molar-refractivity contribution in [1.29, 1.82) is 0 Å². The Morgan fingerprint density at radius 3 is 2.76 bits per heavy atom. The normalized spacial score (nSPS) is 10.8. The summed E-state index contributed by atoms with van der Waals surface area (Å²) in [6.07, 6.45) is 1.64. The van der Waals surface area contributed by atoms with Gasteiger partial charge in [-0.25, -0.2) is 4.98 Å². The number of benzene rings is 1. The molecule has 1 heterocycles. The lowest BCUT2D eigenvalue weighted by molar-refractivity contribution is -0.0494. The van der Waals surface area contributed by atoms with Crippen molar-refractivity contribution in [2.75, 3.05) is 0 Å². The van der Waals surface area contributed by atoms with Gasteiger partial charge in [0.1, 0.15) is 10.8 Å². The van der Waals surface area contributed by atoms with Crippen LogP contribution in [0.25, 0.3) is 10.6 Å². The maximum Gasteiger partial charge on any atom is 0.387 e. The zero-order chi connectivity index (χ0) is 12.3. The average molecular weight is 256 g/mol. The van der Waals surface area contributed by atoms with Gasteiger partial charge in [0.05, 0.1) is 5.56 Å². The second kappa shape index (κ2) is 5.20. The number of ether oxygens (including phenoxy) is 1. The molecule has 0 amide bonds. The van der Waals surface area contributed by atoms with E-state index < -0.39 is 6.61 Å². The minimum Gasteiger partial charge on any atom is -0.434 e. The molecular weight excluding hydrogens is 246 g/mol. The van der Waals surface area contributed by atoms with Crippen molar-refractivity contribution in [3.63, 3.8) is 0 Å². The average Bonchev–Trinajstić information content (AvgIpc) is 2.77. The van der Waals surface area contributed by atoms with Gasteiger partial charge >= 0.3 is 6.61 Å². The molecule has 3 nitrogen and oxygen atoms in total. The summed E-state index contributed by atoms with van der Waals surface area (Å²) < 4.78 is 28.9. The molecule has 1 aromatic heterocycles. The lowest BCUT2D eigenvalue weighted by Gasteiger charge is -2.07. The van der Waals surface area contributed by atoms with Gasteiger partial charge in [-0.15, -0.1) is 11.3 Å². The number of para-hydroxylation sites is 1. The highest BCUT2D eigenvalue weighted by Gasteiger charge is 2.13. The number of nitrogens with zero attached hydrogens (tertiary/aromatic N) is 1. The van der Waals surface area contributed by atoms with Crippen LogP contribution in [-0.4, -0.2) is 11.6 Å². The summed E-state index contributed by atoms with van der Waals surface area (Å²) in [5, 5.41) is 0.627. The van der Waals surface area contributed by atoms with Gasteiger partial charge in [-0.3, -0.25) is 0 Å². The standard InChI is InChI=1S/C11H10F2N2OS/c12-11(13)16-9-4-2-1-3-8(9)10-15-6-7(5-14)17-10/h1-4,6,11H,5,14H2. The molecule has 0 spiro atoms. The Morgan fingerprint density at radius 1 is 1.35 bits per heavy atom. The molecule has 0 fully saturated rings. The molecule has 90 valence electrons. The number of rotatable bonds is 4. The molecular formula is C11H10F2N2OS. The quantitative estimate of drug-likeness (QED) is 0.915. The van der Waals surface area contributed by atoms with Crippen molar-refractivity contribution in [3.8, 4) is 16.3 Å². The Labute approximate surface area is 101 Å². The molecule has 0 aliphatic carbocycles.